The number of carbonyl (C=O) groups excluding carboxylic acids is 1. The zero-order valence-corrected chi connectivity index (χ0v) is 17.4. The van der Waals surface area contributed by atoms with Gasteiger partial charge in [0, 0.05) is 36.9 Å². The molecule has 0 amide bonds. The molecule has 5 rings (SSSR count). The summed E-state index contributed by atoms with van der Waals surface area (Å²) in [7, 11) is 0. The number of allylic oxidation sites excluding steroid dienone is 3. The second-order valence-corrected chi connectivity index (χ2v) is 9.98. The lowest BCUT2D eigenvalue weighted by atomic mass is 9.48. The van der Waals surface area contributed by atoms with Crippen LogP contribution in [0.15, 0.2) is 36.4 Å². The molecule has 4 aliphatic rings. The Morgan fingerprint density at radius 1 is 1.14 bits per heavy atom. The fourth-order valence-corrected chi connectivity index (χ4v) is 7.31. The van der Waals surface area contributed by atoms with Gasteiger partial charge in [0.1, 0.15) is 6.10 Å². The highest BCUT2D eigenvalue weighted by molar-refractivity contribution is 5.66. The van der Waals surface area contributed by atoms with E-state index >= 15 is 0 Å². The molecule has 0 N–H and O–H groups in total. The summed E-state index contributed by atoms with van der Waals surface area (Å²) in [4.78, 5) is 15.7. The summed E-state index contributed by atoms with van der Waals surface area (Å²) in [5.74, 6) is 2.11. The third-order valence-corrected chi connectivity index (χ3v) is 8.71. The van der Waals surface area contributed by atoms with Crippen molar-refractivity contribution in [1.29, 1.82) is 0 Å². The first-order valence-corrected chi connectivity index (χ1v) is 11.0. The van der Waals surface area contributed by atoms with Gasteiger partial charge in [-0.1, -0.05) is 31.6 Å². The fourth-order valence-electron chi connectivity index (χ4n) is 7.31. The maximum atomic E-state index is 11.4. The van der Waals surface area contributed by atoms with E-state index in [1.165, 1.54) is 38.3 Å². The summed E-state index contributed by atoms with van der Waals surface area (Å²) in [6.07, 6.45) is 19.1. The van der Waals surface area contributed by atoms with Gasteiger partial charge in [-0.2, -0.15) is 0 Å². The topological polar surface area (TPSA) is 44.1 Å². The Morgan fingerprint density at radius 2 is 1.96 bits per heavy atom. The van der Waals surface area contributed by atoms with Gasteiger partial charge in [-0.05, 0) is 61.7 Å². The Kier molecular flexibility index (Phi) is 4.12. The summed E-state index contributed by atoms with van der Waals surface area (Å²) in [5, 5.41) is 0. The Hall–Kier alpha value is -1.84. The second-order valence-electron chi connectivity index (χ2n) is 9.98. The van der Waals surface area contributed by atoms with E-state index in [1.54, 1.807) is 5.57 Å². The van der Waals surface area contributed by atoms with Crippen LogP contribution in [0.4, 0.5) is 0 Å². The number of carbonyl (C=O) groups is 1. The molecule has 2 fully saturated rings. The van der Waals surface area contributed by atoms with Crippen LogP contribution in [0.2, 0.25) is 0 Å². The lowest BCUT2D eigenvalue weighted by Gasteiger charge is -2.57. The van der Waals surface area contributed by atoms with Crippen molar-refractivity contribution in [3.8, 4) is 0 Å². The highest BCUT2D eigenvalue weighted by Gasteiger charge is 2.57. The molecule has 6 atom stereocenters. The molecule has 2 saturated carbocycles. The van der Waals surface area contributed by atoms with Crippen LogP contribution in [0.25, 0.3) is 5.70 Å². The number of hydrogen-bond donors (Lipinski definition) is 0. The van der Waals surface area contributed by atoms with E-state index in [-0.39, 0.29) is 17.5 Å². The van der Waals surface area contributed by atoms with Gasteiger partial charge in [0.2, 0.25) is 0 Å². The molecular weight excluding hydrogens is 348 g/mol. The van der Waals surface area contributed by atoms with Gasteiger partial charge in [-0.15, -0.1) is 0 Å². The minimum absolute atomic E-state index is 0.0863. The molecule has 1 aromatic rings. The number of hydrogen-bond acceptors (Lipinski definition) is 3. The van der Waals surface area contributed by atoms with E-state index < -0.39 is 0 Å². The summed E-state index contributed by atoms with van der Waals surface area (Å²) in [5.41, 5.74) is 3.58. The van der Waals surface area contributed by atoms with Crippen molar-refractivity contribution in [3.05, 3.63) is 36.4 Å². The molecule has 4 heteroatoms. The monoisotopic (exact) mass is 380 g/mol. The molecule has 4 nitrogen and oxygen atoms in total. The maximum absolute atomic E-state index is 11.4. The SMILES string of the molecule is CC(=O)O[C@H]1CC[C@@]2(C)C(=CC[C@@H]3[C@@H]2CC[C@]2(C)C(n4ccnc4)=CC[C@@H]32)C1. The average Bonchev–Trinajstić information content (AvgIpc) is 3.28. The van der Waals surface area contributed by atoms with E-state index in [0.29, 0.717) is 5.41 Å². The predicted octanol–water partition coefficient (Wildman–Crippen LogP) is 5.23. The minimum atomic E-state index is -0.139. The van der Waals surface area contributed by atoms with E-state index in [4.69, 9.17) is 4.74 Å². The number of ether oxygens (including phenoxy) is 1. The fraction of sp³-hybridized carbons (Fsp3) is 0.667. The lowest BCUT2D eigenvalue weighted by Crippen LogP contribution is -2.50. The first-order chi connectivity index (χ1) is 13.4. The number of imidazole rings is 1. The van der Waals surface area contributed by atoms with Gasteiger partial charge in [0.25, 0.3) is 0 Å². The summed E-state index contributed by atoms with van der Waals surface area (Å²) < 4.78 is 7.81. The molecular formula is C24H32N2O2. The zero-order valence-electron chi connectivity index (χ0n) is 17.4. The third kappa shape index (κ3) is 2.56. The molecule has 0 aliphatic heterocycles. The minimum Gasteiger partial charge on any atom is -0.462 e. The smallest absolute Gasteiger partial charge is 0.302 e. The average molecular weight is 381 g/mol. The Bertz CT molecular complexity index is 839. The molecule has 28 heavy (non-hydrogen) atoms. The highest BCUT2D eigenvalue weighted by atomic mass is 16.5. The number of esters is 1. The second kappa shape index (κ2) is 6.33. The molecule has 0 saturated heterocycles. The number of rotatable bonds is 2. The quantitative estimate of drug-likeness (QED) is 0.521. The van der Waals surface area contributed by atoms with Gasteiger partial charge in [0.05, 0.1) is 6.33 Å². The van der Waals surface area contributed by atoms with Crippen LogP contribution >= 0.6 is 0 Å². The molecule has 4 aliphatic carbocycles. The predicted molar refractivity (Wildman–Crippen MR) is 109 cm³/mol. The summed E-state index contributed by atoms with van der Waals surface area (Å²) in [6, 6.07) is 0. The summed E-state index contributed by atoms with van der Waals surface area (Å²) in [6.45, 7) is 6.53. The van der Waals surface area contributed by atoms with Crippen LogP contribution in [0.1, 0.15) is 65.7 Å². The first-order valence-electron chi connectivity index (χ1n) is 11.0. The van der Waals surface area contributed by atoms with E-state index in [9.17, 15) is 4.79 Å². The van der Waals surface area contributed by atoms with Crippen molar-refractivity contribution in [1.82, 2.24) is 9.55 Å². The molecule has 0 unspecified atom stereocenters. The third-order valence-electron chi connectivity index (χ3n) is 8.71. The number of fused-ring (bicyclic) bond motifs is 5. The number of aromatic nitrogens is 2. The van der Waals surface area contributed by atoms with Crippen LogP contribution in [0.5, 0.6) is 0 Å². The van der Waals surface area contributed by atoms with Gasteiger partial charge in [-0.25, -0.2) is 4.98 Å². The van der Waals surface area contributed by atoms with Crippen LogP contribution in [0.3, 0.4) is 0 Å². The van der Waals surface area contributed by atoms with Crippen molar-refractivity contribution in [2.75, 3.05) is 0 Å². The van der Waals surface area contributed by atoms with E-state index in [1.807, 2.05) is 12.5 Å². The lowest BCUT2D eigenvalue weighted by molar-refractivity contribution is -0.148. The van der Waals surface area contributed by atoms with Crippen LogP contribution in [0, 0.1) is 28.6 Å². The van der Waals surface area contributed by atoms with Crippen molar-refractivity contribution in [2.24, 2.45) is 28.6 Å². The van der Waals surface area contributed by atoms with E-state index in [0.717, 1.165) is 37.0 Å². The van der Waals surface area contributed by atoms with Gasteiger partial charge in [-0.3, -0.25) is 4.79 Å². The largest absolute Gasteiger partial charge is 0.462 e. The Labute approximate surface area is 168 Å². The molecule has 0 aromatic carbocycles. The normalized spacial score (nSPS) is 42.0. The molecule has 0 spiro atoms. The zero-order chi connectivity index (χ0) is 19.5. The molecule has 0 radical (unpaired) electrons. The van der Waals surface area contributed by atoms with Gasteiger partial charge >= 0.3 is 5.97 Å². The van der Waals surface area contributed by atoms with Gasteiger partial charge < -0.3 is 9.30 Å². The molecule has 0 bridgehead atoms. The van der Waals surface area contributed by atoms with Crippen LogP contribution in [-0.2, 0) is 9.53 Å². The van der Waals surface area contributed by atoms with Crippen molar-refractivity contribution >= 4 is 11.7 Å². The van der Waals surface area contributed by atoms with Crippen LogP contribution < -0.4 is 0 Å². The maximum Gasteiger partial charge on any atom is 0.302 e. The highest BCUT2D eigenvalue weighted by Crippen LogP contribution is 2.65. The number of nitrogens with zero attached hydrogens (tertiary/aromatic N) is 2. The van der Waals surface area contributed by atoms with Crippen molar-refractivity contribution in [2.45, 2.75) is 71.8 Å². The molecule has 1 heterocycles. The van der Waals surface area contributed by atoms with Crippen LogP contribution in [-0.4, -0.2) is 21.6 Å². The molecule has 1 aromatic heterocycles. The van der Waals surface area contributed by atoms with Gasteiger partial charge in [0.15, 0.2) is 0 Å². The molecule has 150 valence electrons. The summed E-state index contributed by atoms with van der Waals surface area (Å²) >= 11 is 0. The van der Waals surface area contributed by atoms with Crippen molar-refractivity contribution in [3.63, 3.8) is 0 Å². The first kappa shape index (κ1) is 18.2. The Balaban J connectivity index is 1.41. The Morgan fingerprint density at radius 3 is 2.71 bits per heavy atom. The van der Waals surface area contributed by atoms with Crippen molar-refractivity contribution < 1.29 is 9.53 Å². The standard InChI is InChI=1S/C24H32N2O2/c1-16(27)28-18-8-10-23(2)17(14-18)4-5-19-20-6-7-22(26-13-12-25-15-26)24(20,3)11-9-21(19)23/h4,7,12-13,15,18-21H,5-6,8-11,14H2,1-3H3/t18-,19-,20-,21-,23-,24-/m0/s1. The van der Waals surface area contributed by atoms with E-state index in [2.05, 4.69) is 41.7 Å².